The van der Waals surface area contributed by atoms with Crippen LogP contribution >= 0.6 is 0 Å². The summed E-state index contributed by atoms with van der Waals surface area (Å²) in [6.45, 7) is 4.38. The van der Waals surface area contributed by atoms with Gasteiger partial charge >= 0.3 is 6.03 Å². The summed E-state index contributed by atoms with van der Waals surface area (Å²) in [7, 11) is 0. The van der Waals surface area contributed by atoms with Gasteiger partial charge in [-0.05, 0) is 37.1 Å². The maximum Gasteiger partial charge on any atom is 0.321 e. The van der Waals surface area contributed by atoms with Gasteiger partial charge in [0.1, 0.15) is 17.2 Å². The number of nitrogens with zero attached hydrogens (tertiary/aromatic N) is 4. The van der Waals surface area contributed by atoms with Crippen molar-refractivity contribution in [2.45, 2.75) is 12.8 Å². The molecule has 2 saturated heterocycles. The normalized spacial score (nSPS) is 17.0. The van der Waals surface area contributed by atoms with Crippen molar-refractivity contribution in [2.24, 2.45) is 0 Å². The number of fused-ring (bicyclic) bond motifs is 1. The first-order valence-corrected chi connectivity index (χ1v) is 10.2. The van der Waals surface area contributed by atoms with Crippen LogP contribution < -0.4 is 10.2 Å². The monoisotopic (exact) mass is 410 g/mol. The van der Waals surface area contributed by atoms with E-state index in [9.17, 15) is 9.18 Å². The smallest absolute Gasteiger partial charge is 0.321 e. The fourth-order valence-corrected chi connectivity index (χ4v) is 3.91. The molecule has 0 unspecified atom stereocenters. The summed E-state index contributed by atoms with van der Waals surface area (Å²) in [5, 5.41) is 2.86. The molecule has 0 radical (unpaired) electrons. The predicted octanol–water partition coefficient (Wildman–Crippen LogP) is 3.23. The Bertz CT molecular complexity index is 1070. The van der Waals surface area contributed by atoms with Crippen LogP contribution in [0.15, 0.2) is 30.5 Å². The van der Waals surface area contributed by atoms with Gasteiger partial charge in [-0.25, -0.2) is 19.2 Å². The number of aromatic amines is 1. The minimum Gasteiger partial charge on any atom is -0.378 e. The van der Waals surface area contributed by atoms with Crippen molar-refractivity contribution in [3.05, 3.63) is 36.3 Å². The summed E-state index contributed by atoms with van der Waals surface area (Å²) < 4.78 is 20.0. The van der Waals surface area contributed by atoms with E-state index in [1.165, 1.54) is 6.07 Å². The first-order chi connectivity index (χ1) is 14.7. The molecule has 8 nitrogen and oxygen atoms in total. The highest BCUT2D eigenvalue weighted by Gasteiger charge is 2.19. The zero-order chi connectivity index (χ0) is 20.5. The van der Waals surface area contributed by atoms with Crippen LogP contribution in [0.5, 0.6) is 0 Å². The topological polar surface area (TPSA) is 86.4 Å². The van der Waals surface area contributed by atoms with E-state index >= 15 is 0 Å². The summed E-state index contributed by atoms with van der Waals surface area (Å²) in [6, 6.07) is 6.21. The molecular weight excluding hydrogens is 387 g/mol. The summed E-state index contributed by atoms with van der Waals surface area (Å²) in [6.07, 6.45) is 3.75. The molecule has 9 heteroatoms. The second-order valence-corrected chi connectivity index (χ2v) is 7.56. The van der Waals surface area contributed by atoms with Gasteiger partial charge in [-0.1, -0.05) is 0 Å². The van der Waals surface area contributed by atoms with Crippen LogP contribution in [0, 0.1) is 5.82 Å². The van der Waals surface area contributed by atoms with Crippen LogP contribution in [0.1, 0.15) is 12.8 Å². The molecule has 0 aliphatic carbocycles. The Kier molecular flexibility index (Phi) is 4.96. The third-order valence-electron chi connectivity index (χ3n) is 5.56. The number of H-pyrrole nitrogens is 1. The molecule has 1 aromatic carbocycles. The zero-order valence-electron chi connectivity index (χ0n) is 16.5. The van der Waals surface area contributed by atoms with Gasteiger partial charge in [0.25, 0.3) is 0 Å². The molecule has 5 rings (SSSR count). The number of aromatic nitrogens is 3. The average Bonchev–Trinajstić information content (AvgIpc) is 3.45. The third-order valence-corrected chi connectivity index (χ3v) is 5.56. The third kappa shape index (κ3) is 3.68. The van der Waals surface area contributed by atoms with Crippen LogP contribution in [0.25, 0.3) is 22.4 Å². The molecule has 0 atom stereocenters. The van der Waals surface area contributed by atoms with Gasteiger partial charge in [0, 0.05) is 37.4 Å². The molecule has 3 aromatic rings. The van der Waals surface area contributed by atoms with Crippen molar-refractivity contribution in [1.82, 2.24) is 19.9 Å². The van der Waals surface area contributed by atoms with Crippen molar-refractivity contribution in [1.29, 1.82) is 0 Å². The molecular formula is C21H23FN6O2. The number of rotatable bonds is 3. The number of carbonyl (C=O) groups is 1. The number of hydrogen-bond acceptors (Lipinski definition) is 5. The van der Waals surface area contributed by atoms with E-state index in [0.29, 0.717) is 41.3 Å². The molecule has 30 heavy (non-hydrogen) atoms. The molecule has 156 valence electrons. The quantitative estimate of drug-likeness (QED) is 0.692. The van der Waals surface area contributed by atoms with Crippen LogP contribution in [0.4, 0.5) is 20.7 Å². The lowest BCUT2D eigenvalue weighted by atomic mass is 10.1. The van der Waals surface area contributed by atoms with E-state index in [-0.39, 0.29) is 11.8 Å². The van der Waals surface area contributed by atoms with Crippen LogP contribution in [-0.2, 0) is 4.74 Å². The van der Waals surface area contributed by atoms with Gasteiger partial charge in [0.2, 0.25) is 0 Å². The van der Waals surface area contributed by atoms with Gasteiger partial charge in [-0.3, -0.25) is 0 Å². The molecule has 2 amide bonds. The molecule has 2 N–H and O–H groups in total. The Morgan fingerprint density at radius 1 is 1.13 bits per heavy atom. The molecule has 0 bridgehead atoms. The first kappa shape index (κ1) is 18.8. The largest absolute Gasteiger partial charge is 0.378 e. The number of likely N-dealkylation sites (tertiary alicyclic amines) is 1. The Morgan fingerprint density at radius 2 is 1.93 bits per heavy atom. The van der Waals surface area contributed by atoms with Crippen LogP contribution in [-0.4, -0.2) is 65.3 Å². The van der Waals surface area contributed by atoms with Gasteiger partial charge in [0.15, 0.2) is 5.65 Å². The first-order valence-electron chi connectivity index (χ1n) is 10.2. The Hall–Kier alpha value is -3.20. The van der Waals surface area contributed by atoms with Crippen LogP contribution in [0.3, 0.4) is 0 Å². The zero-order valence-corrected chi connectivity index (χ0v) is 16.5. The van der Waals surface area contributed by atoms with Gasteiger partial charge in [-0.2, -0.15) is 0 Å². The highest BCUT2D eigenvalue weighted by Crippen LogP contribution is 2.28. The number of amides is 2. The number of carbonyl (C=O) groups excluding carboxylic acids is 1. The fourth-order valence-electron chi connectivity index (χ4n) is 3.91. The summed E-state index contributed by atoms with van der Waals surface area (Å²) in [4.78, 5) is 28.5. The lowest BCUT2D eigenvalue weighted by Gasteiger charge is -2.27. The number of morpholine rings is 1. The molecule has 2 fully saturated rings. The number of hydrogen-bond donors (Lipinski definition) is 2. The second-order valence-electron chi connectivity index (χ2n) is 7.56. The van der Waals surface area contributed by atoms with E-state index in [2.05, 4.69) is 25.2 Å². The standard InChI is InChI=1S/C21H23FN6O2/c22-16-4-3-14(24-21(29)28-5-1-2-6-28)11-15(16)17-12-18-20(26-17)23-13-19(25-18)27-7-9-30-10-8-27/h3-4,11-13H,1-2,5-10H2,(H,23,26)(H,24,29). The number of halogens is 1. The van der Waals surface area contributed by atoms with Gasteiger partial charge < -0.3 is 24.8 Å². The van der Waals surface area contributed by atoms with E-state index < -0.39 is 0 Å². The van der Waals surface area contributed by atoms with E-state index in [4.69, 9.17) is 4.74 Å². The maximum absolute atomic E-state index is 14.6. The summed E-state index contributed by atoms with van der Waals surface area (Å²) in [5.74, 6) is 0.401. The number of urea groups is 1. The van der Waals surface area contributed by atoms with Gasteiger partial charge in [0.05, 0.1) is 25.1 Å². The summed E-state index contributed by atoms with van der Waals surface area (Å²) in [5.41, 5.74) is 2.74. The number of anilines is 2. The minimum absolute atomic E-state index is 0.153. The van der Waals surface area contributed by atoms with Crippen LogP contribution in [0.2, 0.25) is 0 Å². The Morgan fingerprint density at radius 3 is 2.73 bits per heavy atom. The molecule has 2 aliphatic rings. The van der Waals surface area contributed by atoms with E-state index in [0.717, 1.165) is 44.8 Å². The Labute approximate surface area is 173 Å². The van der Waals surface area contributed by atoms with Crippen molar-refractivity contribution >= 4 is 28.7 Å². The van der Waals surface area contributed by atoms with Crippen molar-refractivity contribution < 1.29 is 13.9 Å². The van der Waals surface area contributed by atoms with Crippen molar-refractivity contribution in [3.63, 3.8) is 0 Å². The van der Waals surface area contributed by atoms with Crippen molar-refractivity contribution in [3.8, 4) is 11.3 Å². The molecule has 2 aromatic heterocycles. The fraction of sp³-hybridized carbons (Fsp3) is 0.381. The summed E-state index contributed by atoms with van der Waals surface area (Å²) >= 11 is 0. The average molecular weight is 410 g/mol. The highest BCUT2D eigenvalue weighted by molar-refractivity contribution is 5.90. The van der Waals surface area contributed by atoms with Crippen molar-refractivity contribution in [2.75, 3.05) is 49.6 Å². The second kappa shape index (κ2) is 7.91. The number of nitrogens with one attached hydrogen (secondary N) is 2. The lowest BCUT2D eigenvalue weighted by Crippen LogP contribution is -2.36. The molecule has 0 saturated carbocycles. The predicted molar refractivity (Wildman–Crippen MR) is 112 cm³/mol. The Balaban J connectivity index is 1.41. The minimum atomic E-state index is -0.380. The lowest BCUT2D eigenvalue weighted by molar-refractivity contribution is 0.122. The van der Waals surface area contributed by atoms with E-state index in [1.807, 2.05) is 0 Å². The molecule has 4 heterocycles. The van der Waals surface area contributed by atoms with E-state index in [1.54, 1.807) is 29.3 Å². The molecule has 2 aliphatic heterocycles. The maximum atomic E-state index is 14.6. The van der Waals surface area contributed by atoms with Gasteiger partial charge in [-0.15, -0.1) is 0 Å². The number of ether oxygens (including phenoxy) is 1. The molecule has 0 spiro atoms. The SMILES string of the molecule is O=C(Nc1ccc(F)c(-c2cc3nc(N4CCOCC4)cnc3[nH]2)c1)N1CCCC1. The number of benzene rings is 1. The highest BCUT2D eigenvalue weighted by atomic mass is 19.1.